The number of rotatable bonds is 9. The molecule has 7 heteroatoms. The Kier molecular flexibility index (Phi) is 7.51. The molecule has 5 rings (SSSR count). The summed E-state index contributed by atoms with van der Waals surface area (Å²) in [5, 5.41) is 4.43. The molecule has 0 radical (unpaired) electrons. The first-order valence-electron chi connectivity index (χ1n) is 11.9. The zero-order chi connectivity index (χ0) is 25.6. The molecule has 6 nitrogen and oxygen atoms in total. The minimum Gasteiger partial charge on any atom is -0.489 e. The molecule has 1 aliphatic carbocycles. The molecule has 3 aromatic rings. The molecule has 1 aliphatic heterocycles. The van der Waals surface area contributed by atoms with Crippen LogP contribution < -0.4 is 9.47 Å². The maximum Gasteiger partial charge on any atom is 0.344 e. The molecule has 0 saturated carbocycles. The number of carbonyl (C=O) groups excluding carboxylic acids is 1. The summed E-state index contributed by atoms with van der Waals surface area (Å²) in [6, 6.07) is 29.3. The summed E-state index contributed by atoms with van der Waals surface area (Å²) in [7, 11) is 0. The third-order valence-electron chi connectivity index (χ3n) is 5.77. The van der Waals surface area contributed by atoms with Crippen LogP contribution in [0.25, 0.3) is 33.7 Å². The van der Waals surface area contributed by atoms with Crippen LogP contribution in [0.1, 0.15) is 12.5 Å². The van der Waals surface area contributed by atoms with Crippen molar-refractivity contribution in [2.75, 3.05) is 13.2 Å². The highest BCUT2D eigenvalue weighted by Crippen LogP contribution is 2.40. The lowest BCUT2D eigenvalue weighted by Crippen LogP contribution is -2.14. The molecule has 0 fully saturated rings. The van der Waals surface area contributed by atoms with Crippen LogP contribution in [0.2, 0.25) is 0 Å². The van der Waals surface area contributed by atoms with E-state index in [2.05, 4.69) is 21.1 Å². The molecule has 3 aromatic carbocycles. The van der Waals surface area contributed by atoms with Crippen LogP contribution in [0.4, 0.5) is 0 Å². The summed E-state index contributed by atoms with van der Waals surface area (Å²) in [4.78, 5) is 11.5. The summed E-state index contributed by atoms with van der Waals surface area (Å²) in [6.07, 6.45) is 0. The van der Waals surface area contributed by atoms with Crippen molar-refractivity contribution in [1.82, 2.24) is 5.16 Å². The van der Waals surface area contributed by atoms with Crippen LogP contribution >= 0.6 is 15.9 Å². The minimum absolute atomic E-state index is 0.128. The number of carbonyl (C=O) groups is 1. The van der Waals surface area contributed by atoms with Crippen molar-refractivity contribution in [2.24, 2.45) is 0 Å². The molecular weight excluding hydrogens is 534 g/mol. The smallest absolute Gasteiger partial charge is 0.344 e. The van der Waals surface area contributed by atoms with E-state index in [1.54, 1.807) is 19.1 Å². The maximum atomic E-state index is 11.5. The first-order chi connectivity index (χ1) is 18.1. The zero-order valence-corrected chi connectivity index (χ0v) is 21.7. The summed E-state index contributed by atoms with van der Waals surface area (Å²) in [5.74, 6) is 1.65. The third kappa shape index (κ3) is 5.84. The molecule has 0 spiro atoms. The van der Waals surface area contributed by atoms with Gasteiger partial charge in [-0.1, -0.05) is 51.4 Å². The Morgan fingerprint density at radius 1 is 0.811 bits per heavy atom. The topological polar surface area (TPSA) is 70.8 Å². The minimum atomic E-state index is -0.398. The van der Waals surface area contributed by atoms with E-state index in [4.69, 9.17) is 18.7 Å². The summed E-state index contributed by atoms with van der Waals surface area (Å²) < 4.78 is 23.2. The number of esters is 1. The van der Waals surface area contributed by atoms with Gasteiger partial charge in [-0.15, -0.1) is 0 Å². The fourth-order valence-corrected chi connectivity index (χ4v) is 4.20. The lowest BCUT2D eigenvalue weighted by Gasteiger charge is -2.12. The molecule has 0 unspecified atom stereocenters. The van der Waals surface area contributed by atoms with Gasteiger partial charge in [0.25, 0.3) is 0 Å². The van der Waals surface area contributed by atoms with Gasteiger partial charge < -0.3 is 18.7 Å². The van der Waals surface area contributed by atoms with Crippen molar-refractivity contribution in [2.45, 2.75) is 13.5 Å². The number of hydrogen-bond acceptors (Lipinski definition) is 6. The van der Waals surface area contributed by atoms with Crippen molar-refractivity contribution >= 4 is 21.9 Å². The molecular formula is C30H24BrNO5. The number of aromatic nitrogens is 1. The standard InChI is InChI=1S/C30H24BrNO5/c1-2-34-28(33)19-36-25-14-8-21(9-15-25)29-26-4-3-5-27(26)30(37-32-29)22-10-16-24(17-11-22)35-18-20-6-12-23(31)13-7-20/h3-17H,2,18-19H2,1H3. The fourth-order valence-electron chi connectivity index (χ4n) is 3.93. The lowest BCUT2D eigenvalue weighted by atomic mass is 9.99. The molecule has 0 bridgehead atoms. The molecule has 0 N–H and O–H groups in total. The molecule has 0 atom stereocenters. The molecule has 0 saturated heterocycles. The SMILES string of the molecule is CCOC(=O)COc1ccc(-c2noc(-c3ccc(OCc4ccc(Br)cc4)cc3)c3cccc2-3)cc1. The van der Waals surface area contributed by atoms with E-state index in [9.17, 15) is 4.79 Å². The van der Waals surface area contributed by atoms with E-state index < -0.39 is 5.97 Å². The van der Waals surface area contributed by atoms with E-state index in [1.165, 1.54) is 0 Å². The van der Waals surface area contributed by atoms with E-state index in [1.807, 2.05) is 78.9 Å². The van der Waals surface area contributed by atoms with Gasteiger partial charge in [0.2, 0.25) is 0 Å². The molecule has 1 heterocycles. The molecule has 37 heavy (non-hydrogen) atoms. The fraction of sp³-hybridized carbons (Fsp3) is 0.133. The molecule has 186 valence electrons. The largest absolute Gasteiger partial charge is 0.489 e. The first kappa shape index (κ1) is 24.6. The Morgan fingerprint density at radius 3 is 2.16 bits per heavy atom. The van der Waals surface area contributed by atoms with Gasteiger partial charge in [-0.25, -0.2) is 4.79 Å². The number of fused-ring (bicyclic) bond motifs is 1. The highest BCUT2D eigenvalue weighted by atomic mass is 79.9. The van der Waals surface area contributed by atoms with Gasteiger partial charge in [-0.05, 0) is 73.2 Å². The number of nitrogens with zero attached hydrogens (tertiary/aromatic N) is 1. The highest BCUT2D eigenvalue weighted by molar-refractivity contribution is 9.10. The van der Waals surface area contributed by atoms with Crippen LogP contribution in [0.3, 0.4) is 0 Å². The second kappa shape index (κ2) is 11.3. The van der Waals surface area contributed by atoms with Crippen LogP contribution in [-0.2, 0) is 16.1 Å². The Bertz CT molecular complexity index is 1440. The van der Waals surface area contributed by atoms with Crippen LogP contribution in [0.15, 0.2) is 100.0 Å². The average molecular weight is 558 g/mol. The number of hydrogen-bond donors (Lipinski definition) is 0. The van der Waals surface area contributed by atoms with Gasteiger partial charge in [0.05, 0.1) is 6.61 Å². The van der Waals surface area contributed by atoms with E-state index >= 15 is 0 Å². The Balaban J connectivity index is 1.30. The van der Waals surface area contributed by atoms with Crippen molar-refractivity contribution in [3.05, 3.63) is 101 Å². The molecule has 2 aliphatic rings. The second-order valence-electron chi connectivity index (χ2n) is 8.27. The monoisotopic (exact) mass is 557 g/mol. The zero-order valence-electron chi connectivity index (χ0n) is 20.1. The number of ether oxygens (including phenoxy) is 3. The number of halogens is 1. The maximum absolute atomic E-state index is 11.5. The Morgan fingerprint density at radius 2 is 1.46 bits per heavy atom. The normalized spacial score (nSPS) is 10.9. The van der Waals surface area contributed by atoms with Gasteiger partial charge in [0.15, 0.2) is 12.4 Å². The van der Waals surface area contributed by atoms with Crippen LogP contribution in [-0.4, -0.2) is 24.3 Å². The quantitative estimate of drug-likeness (QED) is 0.176. The van der Waals surface area contributed by atoms with Crippen molar-refractivity contribution in [3.63, 3.8) is 0 Å². The first-order valence-corrected chi connectivity index (χ1v) is 12.6. The van der Waals surface area contributed by atoms with Crippen molar-refractivity contribution in [1.29, 1.82) is 0 Å². The van der Waals surface area contributed by atoms with Gasteiger partial charge in [0, 0.05) is 26.7 Å². The van der Waals surface area contributed by atoms with Gasteiger partial charge in [0.1, 0.15) is 23.8 Å². The molecule has 0 aromatic heterocycles. The second-order valence-corrected chi connectivity index (χ2v) is 9.19. The molecule has 0 amide bonds. The summed E-state index contributed by atoms with van der Waals surface area (Å²) in [5.41, 5.74) is 5.57. The summed E-state index contributed by atoms with van der Waals surface area (Å²) in [6.45, 7) is 2.45. The number of benzene rings is 3. The lowest BCUT2D eigenvalue weighted by molar-refractivity contribution is -0.145. The summed E-state index contributed by atoms with van der Waals surface area (Å²) >= 11 is 3.45. The van der Waals surface area contributed by atoms with Crippen LogP contribution in [0.5, 0.6) is 11.5 Å². The van der Waals surface area contributed by atoms with E-state index in [0.29, 0.717) is 24.7 Å². The van der Waals surface area contributed by atoms with Crippen LogP contribution in [0, 0.1) is 0 Å². The Hall–Kier alpha value is -4.10. The highest BCUT2D eigenvalue weighted by Gasteiger charge is 2.19. The van der Waals surface area contributed by atoms with Gasteiger partial charge in [-0.3, -0.25) is 0 Å². The van der Waals surface area contributed by atoms with Gasteiger partial charge >= 0.3 is 5.97 Å². The van der Waals surface area contributed by atoms with E-state index in [-0.39, 0.29) is 6.61 Å². The third-order valence-corrected chi connectivity index (χ3v) is 6.30. The average Bonchev–Trinajstić information content (AvgIpc) is 3.42. The van der Waals surface area contributed by atoms with Gasteiger partial charge in [-0.2, -0.15) is 0 Å². The van der Waals surface area contributed by atoms with Crippen molar-refractivity contribution in [3.8, 4) is 45.2 Å². The van der Waals surface area contributed by atoms with E-state index in [0.717, 1.165) is 43.7 Å². The Labute approximate surface area is 223 Å². The van der Waals surface area contributed by atoms with Crippen molar-refractivity contribution < 1.29 is 23.5 Å². The predicted octanol–water partition coefficient (Wildman–Crippen LogP) is 7.40. The predicted molar refractivity (Wildman–Crippen MR) is 145 cm³/mol.